The van der Waals surface area contributed by atoms with Crippen LogP contribution in [0.25, 0.3) is 0 Å². The summed E-state index contributed by atoms with van der Waals surface area (Å²) < 4.78 is 0. The molecule has 2 atom stereocenters. The third-order valence-electron chi connectivity index (χ3n) is 9.31. The van der Waals surface area contributed by atoms with E-state index in [1.54, 1.807) is 12.4 Å². The summed E-state index contributed by atoms with van der Waals surface area (Å²) in [4.78, 5) is 8.88. The Morgan fingerprint density at radius 2 is 1.36 bits per heavy atom. The molecule has 0 saturated carbocycles. The first-order chi connectivity index (χ1) is 22.1. The molecule has 8 heteroatoms. The monoisotopic (exact) mass is 602 g/mol. The van der Waals surface area contributed by atoms with Gasteiger partial charge < -0.3 is 9.80 Å². The van der Waals surface area contributed by atoms with Gasteiger partial charge in [-0.3, -0.25) is 4.90 Å². The van der Waals surface area contributed by atoms with Crippen LogP contribution in [0.1, 0.15) is 56.6 Å². The molecule has 45 heavy (non-hydrogen) atoms. The van der Waals surface area contributed by atoms with Gasteiger partial charge >= 0.3 is 0 Å². The lowest BCUT2D eigenvalue weighted by Gasteiger charge is -2.37. The minimum Gasteiger partial charge on any atom is -0.368 e. The van der Waals surface area contributed by atoms with Crippen molar-refractivity contribution in [1.82, 2.24) is 20.0 Å². The third-order valence-corrected chi connectivity index (χ3v) is 9.31. The van der Waals surface area contributed by atoms with Gasteiger partial charge in [0.15, 0.2) is 0 Å². The lowest BCUT2D eigenvalue weighted by molar-refractivity contribution is 0.286. The number of hydrazone groups is 1. The lowest BCUT2D eigenvalue weighted by atomic mass is 9.92. The molecule has 0 N–H and O–H groups in total. The quantitative estimate of drug-likeness (QED) is 0.152. The number of unbranched alkanes of at least 4 members (excludes halogenated alkanes) is 1. The van der Waals surface area contributed by atoms with E-state index in [1.165, 1.54) is 35.3 Å². The molecule has 6 rings (SSSR count). The molecule has 4 aromatic rings. The molecule has 0 radical (unpaired) electrons. The van der Waals surface area contributed by atoms with Crippen LogP contribution in [0.15, 0.2) is 109 Å². The predicted octanol–water partition coefficient (Wildman–Crippen LogP) is 7.14. The summed E-state index contributed by atoms with van der Waals surface area (Å²) in [5.41, 5.74) is 6.47. The predicted molar refractivity (Wildman–Crippen MR) is 186 cm³/mol. The first-order valence-electron chi connectivity index (χ1n) is 16.5. The SMILES string of the molecule is C=C1N(c2ccc(N3CCN(c4ccc(CCCCC(Cn5nccn5)c5ccccc5)cc4)CC3)cc2)C=NN1C(C)CC. The van der Waals surface area contributed by atoms with Crippen molar-refractivity contribution in [1.29, 1.82) is 0 Å². The molecule has 8 nitrogen and oxygen atoms in total. The fraction of sp³-hybridized carbons (Fsp3) is 0.378. The van der Waals surface area contributed by atoms with Gasteiger partial charge in [-0.2, -0.15) is 20.1 Å². The first kappa shape index (κ1) is 30.4. The fourth-order valence-electron chi connectivity index (χ4n) is 6.37. The average Bonchev–Trinajstić information content (AvgIpc) is 3.76. The molecule has 2 aliphatic heterocycles. The highest BCUT2D eigenvalue weighted by Gasteiger charge is 2.25. The van der Waals surface area contributed by atoms with E-state index in [-0.39, 0.29) is 0 Å². The largest absolute Gasteiger partial charge is 0.368 e. The maximum atomic E-state index is 4.56. The van der Waals surface area contributed by atoms with Crippen LogP contribution in [0.2, 0.25) is 0 Å². The van der Waals surface area contributed by atoms with Crippen molar-refractivity contribution in [2.75, 3.05) is 40.9 Å². The highest BCUT2D eigenvalue weighted by Crippen LogP contribution is 2.29. The second-order valence-electron chi connectivity index (χ2n) is 12.2. The molecule has 3 aromatic carbocycles. The fourth-order valence-corrected chi connectivity index (χ4v) is 6.37. The van der Waals surface area contributed by atoms with Crippen molar-refractivity contribution in [3.05, 3.63) is 115 Å². The molecule has 234 valence electrons. The standard InChI is InChI=1S/C37H46N8/c1-4-30(2)45-31(3)43(29-40-45)37-20-18-36(19-21-37)42-26-24-41(25-27-42)35-16-14-32(15-17-35)10-8-9-13-34(28-44-38-22-23-39-44)33-11-6-5-7-12-33/h5-7,11-12,14-23,29-30,34H,3-4,8-10,13,24-28H2,1-2H3. The normalized spacial score (nSPS) is 16.4. The number of piperazine rings is 1. The molecule has 1 aromatic heterocycles. The molecule has 1 fully saturated rings. The number of aromatic nitrogens is 3. The van der Waals surface area contributed by atoms with Crippen LogP contribution in [0, 0.1) is 0 Å². The first-order valence-corrected chi connectivity index (χ1v) is 16.5. The van der Waals surface area contributed by atoms with Crippen molar-refractivity contribution >= 4 is 23.4 Å². The molecule has 0 aliphatic carbocycles. The van der Waals surface area contributed by atoms with Crippen molar-refractivity contribution in [3.63, 3.8) is 0 Å². The van der Waals surface area contributed by atoms with Gasteiger partial charge in [0.25, 0.3) is 0 Å². The summed E-state index contributed by atoms with van der Waals surface area (Å²) in [6.07, 6.45) is 11.0. The Hall–Kier alpha value is -4.59. The van der Waals surface area contributed by atoms with Crippen LogP contribution in [0.5, 0.6) is 0 Å². The minimum atomic E-state index is 0.339. The topological polar surface area (TPSA) is 56.0 Å². The number of benzene rings is 3. The van der Waals surface area contributed by atoms with Gasteiger partial charge in [-0.25, -0.2) is 5.01 Å². The number of nitrogens with zero attached hydrogens (tertiary/aromatic N) is 8. The summed E-state index contributed by atoms with van der Waals surface area (Å²) in [6.45, 7) is 13.5. The number of rotatable bonds is 13. The van der Waals surface area contributed by atoms with Crippen LogP contribution in [-0.2, 0) is 13.0 Å². The number of hydrogen-bond acceptors (Lipinski definition) is 7. The Balaban J connectivity index is 0.952. The maximum absolute atomic E-state index is 4.56. The van der Waals surface area contributed by atoms with Crippen LogP contribution in [0.4, 0.5) is 17.1 Å². The molecule has 2 unspecified atom stereocenters. The van der Waals surface area contributed by atoms with Gasteiger partial charge in [0.05, 0.1) is 25.0 Å². The van der Waals surface area contributed by atoms with Gasteiger partial charge in [-0.05, 0) is 80.1 Å². The van der Waals surface area contributed by atoms with Gasteiger partial charge in [0.2, 0.25) is 0 Å². The molecule has 1 saturated heterocycles. The molecular formula is C37H46N8. The van der Waals surface area contributed by atoms with E-state index >= 15 is 0 Å². The summed E-state index contributed by atoms with van der Waals surface area (Å²) >= 11 is 0. The van der Waals surface area contributed by atoms with E-state index in [4.69, 9.17) is 0 Å². The minimum absolute atomic E-state index is 0.339. The second-order valence-corrected chi connectivity index (χ2v) is 12.2. The Labute approximate surface area is 268 Å². The lowest BCUT2D eigenvalue weighted by Crippen LogP contribution is -2.46. The van der Waals surface area contributed by atoms with E-state index in [9.17, 15) is 0 Å². The Morgan fingerprint density at radius 3 is 1.98 bits per heavy atom. The van der Waals surface area contributed by atoms with Crippen LogP contribution >= 0.6 is 0 Å². The van der Waals surface area contributed by atoms with Crippen LogP contribution in [-0.4, -0.2) is 58.6 Å². The highest BCUT2D eigenvalue weighted by molar-refractivity contribution is 5.85. The highest BCUT2D eigenvalue weighted by atomic mass is 15.6. The molecule has 0 spiro atoms. The van der Waals surface area contributed by atoms with E-state index in [0.717, 1.165) is 63.5 Å². The smallest absolute Gasteiger partial charge is 0.128 e. The molecule has 3 heterocycles. The van der Waals surface area contributed by atoms with Crippen LogP contribution < -0.4 is 14.7 Å². The number of aryl methyl sites for hydroxylation is 1. The van der Waals surface area contributed by atoms with Crippen molar-refractivity contribution < 1.29 is 0 Å². The molecule has 2 aliphatic rings. The zero-order valence-electron chi connectivity index (χ0n) is 26.7. The van der Waals surface area contributed by atoms with Gasteiger partial charge in [0, 0.05) is 49.2 Å². The molecule has 0 bridgehead atoms. The molecular weight excluding hydrogens is 556 g/mol. The van der Waals surface area contributed by atoms with Gasteiger partial charge in [-0.15, -0.1) is 0 Å². The van der Waals surface area contributed by atoms with E-state index < -0.39 is 0 Å². The van der Waals surface area contributed by atoms with Crippen molar-refractivity contribution in [2.24, 2.45) is 5.10 Å². The zero-order valence-corrected chi connectivity index (χ0v) is 26.7. The Morgan fingerprint density at radius 1 is 0.756 bits per heavy atom. The van der Waals surface area contributed by atoms with E-state index in [2.05, 4.69) is 129 Å². The zero-order chi connectivity index (χ0) is 31.0. The number of anilines is 3. The molecule has 0 amide bonds. The van der Waals surface area contributed by atoms with Crippen LogP contribution in [0.3, 0.4) is 0 Å². The Kier molecular flexibility index (Phi) is 9.78. The number of hydrogen-bond donors (Lipinski definition) is 0. The van der Waals surface area contributed by atoms with Gasteiger partial charge in [-0.1, -0.05) is 62.4 Å². The summed E-state index contributed by atoms with van der Waals surface area (Å²) in [5.74, 6) is 1.34. The maximum Gasteiger partial charge on any atom is 0.128 e. The summed E-state index contributed by atoms with van der Waals surface area (Å²) in [7, 11) is 0. The van der Waals surface area contributed by atoms with E-state index in [1.807, 2.05) is 16.1 Å². The van der Waals surface area contributed by atoms with E-state index in [0.29, 0.717) is 12.0 Å². The second kappa shape index (κ2) is 14.5. The van der Waals surface area contributed by atoms with Gasteiger partial charge in [0.1, 0.15) is 12.2 Å². The van der Waals surface area contributed by atoms with Crippen molar-refractivity contribution in [3.8, 4) is 0 Å². The Bertz CT molecular complexity index is 1510. The summed E-state index contributed by atoms with van der Waals surface area (Å²) in [5, 5.41) is 15.2. The third kappa shape index (κ3) is 7.39. The van der Waals surface area contributed by atoms with Crippen molar-refractivity contribution in [2.45, 2.75) is 64.5 Å². The average molecular weight is 603 g/mol. The summed E-state index contributed by atoms with van der Waals surface area (Å²) in [6, 6.07) is 29.2.